The molecule has 2 rings (SSSR count). The zero-order chi connectivity index (χ0) is 17.0. The summed E-state index contributed by atoms with van der Waals surface area (Å²) in [7, 11) is 1.32. The van der Waals surface area contributed by atoms with Crippen molar-refractivity contribution in [1.29, 1.82) is 0 Å². The van der Waals surface area contributed by atoms with E-state index in [-0.39, 0.29) is 18.1 Å². The van der Waals surface area contributed by atoms with Gasteiger partial charge in [-0.1, -0.05) is 26.0 Å². The summed E-state index contributed by atoms with van der Waals surface area (Å²) in [6, 6.07) is 5.76. The van der Waals surface area contributed by atoms with Crippen LogP contribution in [-0.2, 0) is 9.53 Å². The Morgan fingerprint density at radius 3 is 2.57 bits per heavy atom. The van der Waals surface area contributed by atoms with Gasteiger partial charge in [-0.15, -0.1) is 0 Å². The average Bonchev–Trinajstić information content (AvgIpc) is 2.89. The molecular formula is C17H23N3O3. The van der Waals surface area contributed by atoms with E-state index in [0.29, 0.717) is 5.69 Å². The standard InChI is InChI=1S/C17H23N3O3/c1-5-20(6-2)10-14(21)19-15-12-8-7-11(3)9-13(12)18-16(15)17(22)23-4/h7-9,18H,5-6,10H2,1-4H3,(H,19,21). The zero-order valence-electron chi connectivity index (χ0n) is 14.0. The van der Waals surface area contributed by atoms with Gasteiger partial charge in [0.05, 0.1) is 19.3 Å². The zero-order valence-corrected chi connectivity index (χ0v) is 14.0. The molecule has 0 spiro atoms. The summed E-state index contributed by atoms with van der Waals surface area (Å²) >= 11 is 0. The van der Waals surface area contributed by atoms with Gasteiger partial charge in [-0.25, -0.2) is 4.79 Å². The van der Waals surface area contributed by atoms with Crippen LogP contribution >= 0.6 is 0 Å². The number of esters is 1. The Bertz CT molecular complexity index is 717. The van der Waals surface area contributed by atoms with Gasteiger partial charge < -0.3 is 15.0 Å². The first kappa shape index (κ1) is 17.0. The summed E-state index contributed by atoms with van der Waals surface area (Å²) in [4.78, 5) is 29.3. The molecule has 1 aromatic carbocycles. The number of carbonyl (C=O) groups excluding carboxylic acids is 2. The SMILES string of the molecule is CCN(CC)CC(=O)Nc1c(C(=O)OC)[nH]c2cc(C)ccc12. The van der Waals surface area contributed by atoms with Crippen molar-refractivity contribution in [2.45, 2.75) is 20.8 Å². The van der Waals surface area contributed by atoms with E-state index in [4.69, 9.17) is 4.74 Å². The minimum Gasteiger partial charge on any atom is -0.464 e. The minimum absolute atomic E-state index is 0.152. The van der Waals surface area contributed by atoms with Crippen LogP contribution < -0.4 is 5.32 Å². The van der Waals surface area contributed by atoms with Crippen LogP contribution in [0.1, 0.15) is 29.9 Å². The topological polar surface area (TPSA) is 74.4 Å². The molecule has 6 heteroatoms. The van der Waals surface area contributed by atoms with Crippen molar-refractivity contribution in [3.63, 3.8) is 0 Å². The van der Waals surface area contributed by atoms with Crippen LogP contribution in [0.5, 0.6) is 0 Å². The molecule has 0 saturated carbocycles. The number of nitrogens with one attached hydrogen (secondary N) is 2. The molecule has 0 saturated heterocycles. The summed E-state index contributed by atoms with van der Waals surface area (Å²) in [5.41, 5.74) is 2.60. The van der Waals surface area contributed by atoms with Crippen LogP contribution in [-0.4, -0.2) is 48.5 Å². The number of hydrogen-bond acceptors (Lipinski definition) is 4. The third-order valence-electron chi connectivity index (χ3n) is 3.87. The van der Waals surface area contributed by atoms with Gasteiger partial charge >= 0.3 is 5.97 Å². The smallest absolute Gasteiger partial charge is 0.356 e. The Morgan fingerprint density at radius 2 is 1.96 bits per heavy atom. The van der Waals surface area contributed by atoms with Crippen LogP contribution in [0.25, 0.3) is 10.9 Å². The van der Waals surface area contributed by atoms with Gasteiger partial charge in [-0.2, -0.15) is 0 Å². The highest BCUT2D eigenvalue weighted by Crippen LogP contribution is 2.29. The quantitative estimate of drug-likeness (QED) is 0.803. The molecular weight excluding hydrogens is 294 g/mol. The van der Waals surface area contributed by atoms with Crippen LogP contribution in [0.2, 0.25) is 0 Å². The van der Waals surface area contributed by atoms with Crippen LogP contribution in [0.4, 0.5) is 5.69 Å². The molecule has 1 amide bonds. The number of hydrogen-bond donors (Lipinski definition) is 2. The largest absolute Gasteiger partial charge is 0.464 e. The van der Waals surface area contributed by atoms with Crippen molar-refractivity contribution >= 4 is 28.5 Å². The van der Waals surface area contributed by atoms with E-state index in [1.807, 2.05) is 43.9 Å². The van der Waals surface area contributed by atoms with Gasteiger partial charge in [0.2, 0.25) is 5.91 Å². The number of aromatic amines is 1. The molecule has 0 radical (unpaired) electrons. The molecule has 1 aromatic heterocycles. The third kappa shape index (κ3) is 3.71. The Labute approximate surface area is 135 Å². The Morgan fingerprint density at radius 1 is 1.26 bits per heavy atom. The summed E-state index contributed by atoms with van der Waals surface area (Å²) < 4.78 is 4.81. The summed E-state index contributed by atoms with van der Waals surface area (Å²) in [6.45, 7) is 7.85. The highest BCUT2D eigenvalue weighted by molar-refractivity contribution is 6.11. The van der Waals surface area contributed by atoms with Crippen LogP contribution in [0.15, 0.2) is 18.2 Å². The van der Waals surface area contributed by atoms with Crippen molar-refractivity contribution in [3.8, 4) is 0 Å². The second-order valence-corrected chi connectivity index (χ2v) is 5.43. The maximum absolute atomic E-state index is 12.3. The number of aromatic nitrogens is 1. The van der Waals surface area contributed by atoms with Crippen molar-refractivity contribution < 1.29 is 14.3 Å². The van der Waals surface area contributed by atoms with Crippen LogP contribution in [0, 0.1) is 6.92 Å². The molecule has 0 aliphatic heterocycles. The lowest BCUT2D eigenvalue weighted by Crippen LogP contribution is -2.33. The number of anilines is 1. The summed E-state index contributed by atoms with van der Waals surface area (Å²) in [5, 5.41) is 3.65. The van der Waals surface area contributed by atoms with Gasteiger partial charge in [0.1, 0.15) is 5.69 Å². The molecule has 124 valence electrons. The fourth-order valence-electron chi connectivity index (χ4n) is 2.53. The lowest BCUT2D eigenvalue weighted by atomic mass is 10.1. The number of nitrogens with zero attached hydrogens (tertiary/aromatic N) is 1. The van der Waals surface area contributed by atoms with E-state index in [0.717, 1.165) is 29.6 Å². The number of rotatable bonds is 6. The number of benzene rings is 1. The van der Waals surface area contributed by atoms with Crippen molar-refractivity contribution in [2.24, 2.45) is 0 Å². The number of carbonyl (C=O) groups is 2. The lowest BCUT2D eigenvalue weighted by molar-refractivity contribution is -0.117. The maximum Gasteiger partial charge on any atom is 0.356 e. The normalized spacial score (nSPS) is 11.0. The first-order valence-corrected chi connectivity index (χ1v) is 7.73. The van der Waals surface area contributed by atoms with E-state index in [2.05, 4.69) is 10.3 Å². The number of fused-ring (bicyclic) bond motifs is 1. The number of likely N-dealkylation sites (N-methyl/N-ethyl adjacent to an activating group) is 1. The van der Waals surface area contributed by atoms with E-state index >= 15 is 0 Å². The van der Waals surface area contributed by atoms with Gasteiger partial charge in [-0.3, -0.25) is 9.69 Å². The highest BCUT2D eigenvalue weighted by Gasteiger charge is 2.20. The molecule has 0 unspecified atom stereocenters. The Hall–Kier alpha value is -2.34. The predicted octanol–water partition coefficient (Wildman–Crippen LogP) is 2.54. The fourth-order valence-corrected chi connectivity index (χ4v) is 2.53. The van der Waals surface area contributed by atoms with E-state index in [1.165, 1.54) is 7.11 Å². The average molecular weight is 317 g/mol. The number of methoxy groups -OCH3 is 1. The van der Waals surface area contributed by atoms with Gasteiger partial charge in [0.15, 0.2) is 0 Å². The predicted molar refractivity (Wildman–Crippen MR) is 90.8 cm³/mol. The molecule has 0 aliphatic carbocycles. The molecule has 6 nitrogen and oxygen atoms in total. The fraction of sp³-hybridized carbons (Fsp3) is 0.412. The lowest BCUT2D eigenvalue weighted by Gasteiger charge is -2.17. The molecule has 23 heavy (non-hydrogen) atoms. The van der Waals surface area contributed by atoms with E-state index < -0.39 is 5.97 Å². The second kappa shape index (κ2) is 7.28. The summed E-state index contributed by atoms with van der Waals surface area (Å²) in [6.07, 6.45) is 0. The molecule has 2 aromatic rings. The molecule has 0 bridgehead atoms. The highest BCUT2D eigenvalue weighted by atomic mass is 16.5. The third-order valence-corrected chi connectivity index (χ3v) is 3.87. The van der Waals surface area contributed by atoms with Crippen molar-refractivity contribution in [1.82, 2.24) is 9.88 Å². The minimum atomic E-state index is -0.503. The number of amides is 1. The number of ether oxygens (including phenoxy) is 1. The Kier molecular flexibility index (Phi) is 5.39. The second-order valence-electron chi connectivity index (χ2n) is 5.43. The maximum atomic E-state index is 12.3. The summed E-state index contributed by atoms with van der Waals surface area (Å²) in [5.74, 6) is -0.655. The molecule has 2 N–H and O–H groups in total. The molecule has 0 fully saturated rings. The van der Waals surface area contributed by atoms with Crippen molar-refractivity contribution in [2.75, 3.05) is 32.1 Å². The van der Waals surface area contributed by atoms with Crippen LogP contribution in [0.3, 0.4) is 0 Å². The Balaban J connectivity index is 2.37. The van der Waals surface area contributed by atoms with Gasteiger partial charge in [0.25, 0.3) is 0 Å². The number of aryl methyl sites for hydroxylation is 1. The van der Waals surface area contributed by atoms with Gasteiger partial charge in [-0.05, 0) is 31.6 Å². The first-order valence-electron chi connectivity index (χ1n) is 7.73. The molecule has 1 heterocycles. The van der Waals surface area contributed by atoms with E-state index in [1.54, 1.807) is 0 Å². The molecule has 0 aliphatic rings. The van der Waals surface area contributed by atoms with Gasteiger partial charge in [0, 0.05) is 10.9 Å². The van der Waals surface area contributed by atoms with Crippen molar-refractivity contribution in [3.05, 3.63) is 29.5 Å². The number of H-pyrrole nitrogens is 1. The first-order chi connectivity index (χ1) is 11.0. The molecule has 0 atom stereocenters. The monoisotopic (exact) mass is 317 g/mol. The van der Waals surface area contributed by atoms with E-state index in [9.17, 15) is 9.59 Å².